The van der Waals surface area contributed by atoms with Gasteiger partial charge in [-0.2, -0.15) is 0 Å². The van der Waals surface area contributed by atoms with Gasteiger partial charge in [0, 0.05) is 31.7 Å². The van der Waals surface area contributed by atoms with Crippen LogP contribution in [0.2, 0.25) is 0 Å². The molecule has 0 aliphatic heterocycles. The third-order valence-corrected chi connectivity index (χ3v) is 2.84. The molecule has 2 aromatic heterocycles. The van der Waals surface area contributed by atoms with E-state index in [9.17, 15) is 4.79 Å². The van der Waals surface area contributed by atoms with Crippen LogP contribution in [0.5, 0.6) is 0 Å². The average Bonchev–Trinajstić information content (AvgIpc) is 2.41. The number of carbonyl (C=O) groups is 1. The van der Waals surface area contributed by atoms with E-state index in [1.807, 2.05) is 19.2 Å². The Morgan fingerprint density at radius 3 is 2.74 bits per heavy atom. The number of hydrogen-bond acceptors (Lipinski definition) is 4. The summed E-state index contributed by atoms with van der Waals surface area (Å²) in [7, 11) is 0. The summed E-state index contributed by atoms with van der Waals surface area (Å²) in [6, 6.07) is 5.24. The number of nitrogens with one attached hydrogen (secondary N) is 1. The van der Waals surface area contributed by atoms with Crippen LogP contribution < -0.4 is 5.32 Å². The number of nitrogens with zero attached hydrogens (tertiary/aromatic N) is 2. The maximum Gasteiger partial charge on any atom is 0.337 e. The highest BCUT2D eigenvalue weighted by Gasteiger charge is 2.03. The summed E-state index contributed by atoms with van der Waals surface area (Å²) in [5.74, 6) is -0.960. The quantitative estimate of drug-likeness (QED) is 0.853. The van der Waals surface area contributed by atoms with Gasteiger partial charge in [-0.1, -0.05) is 0 Å². The van der Waals surface area contributed by atoms with Gasteiger partial charge in [0.2, 0.25) is 0 Å². The lowest BCUT2D eigenvalue weighted by Crippen LogP contribution is -2.14. The van der Waals surface area contributed by atoms with Gasteiger partial charge < -0.3 is 10.4 Å². The highest BCUT2D eigenvalue weighted by Crippen LogP contribution is 2.05. The first kappa shape index (κ1) is 13.2. The highest BCUT2D eigenvalue weighted by molar-refractivity contribution is 5.87. The molecule has 0 saturated carbocycles. The Labute approximate surface area is 111 Å². The molecule has 2 N–H and O–H groups in total. The average molecular weight is 257 g/mol. The van der Waals surface area contributed by atoms with E-state index in [0.29, 0.717) is 13.1 Å². The fraction of sp³-hybridized carbons (Fsp3) is 0.214. The predicted octanol–water partition coefficient (Wildman–Crippen LogP) is 1.77. The summed E-state index contributed by atoms with van der Waals surface area (Å²) < 4.78 is 0. The predicted molar refractivity (Wildman–Crippen MR) is 70.7 cm³/mol. The molecule has 0 radical (unpaired) electrons. The summed E-state index contributed by atoms with van der Waals surface area (Å²) in [6.07, 6.45) is 4.98. The molecule has 5 nitrogen and oxygen atoms in total. The van der Waals surface area contributed by atoms with Crippen LogP contribution >= 0.6 is 0 Å². The van der Waals surface area contributed by atoms with Gasteiger partial charge in [0.15, 0.2) is 0 Å². The van der Waals surface area contributed by atoms with Crippen LogP contribution in [0.15, 0.2) is 36.8 Å². The number of carboxylic acids is 1. The second-order valence-corrected chi connectivity index (χ2v) is 4.25. The zero-order chi connectivity index (χ0) is 13.7. The molecular formula is C14H15N3O2. The monoisotopic (exact) mass is 257 g/mol. The molecule has 0 aliphatic rings. The van der Waals surface area contributed by atoms with Gasteiger partial charge >= 0.3 is 5.97 Å². The molecule has 0 amide bonds. The number of rotatable bonds is 5. The molecule has 2 heterocycles. The first-order chi connectivity index (χ1) is 9.16. The van der Waals surface area contributed by atoms with Gasteiger partial charge in [-0.15, -0.1) is 0 Å². The van der Waals surface area contributed by atoms with Crippen molar-refractivity contribution >= 4 is 5.97 Å². The molecule has 0 aliphatic carbocycles. The Hall–Kier alpha value is -2.27. The van der Waals surface area contributed by atoms with E-state index in [-0.39, 0.29) is 5.56 Å². The molecular weight excluding hydrogens is 242 g/mol. The van der Waals surface area contributed by atoms with Crippen LogP contribution in [0.1, 0.15) is 27.2 Å². The zero-order valence-electron chi connectivity index (χ0n) is 10.6. The van der Waals surface area contributed by atoms with Crippen molar-refractivity contribution in [2.75, 3.05) is 0 Å². The molecule has 98 valence electrons. The number of pyridine rings is 2. The highest BCUT2D eigenvalue weighted by atomic mass is 16.4. The van der Waals surface area contributed by atoms with Crippen LogP contribution in [0.4, 0.5) is 0 Å². The molecule has 19 heavy (non-hydrogen) atoms. The van der Waals surface area contributed by atoms with Gasteiger partial charge in [0.25, 0.3) is 0 Å². The maximum absolute atomic E-state index is 10.7. The van der Waals surface area contributed by atoms with Crippen LogP contribution in [0.25, 0.3) is 0 Å². The SMILES string of the molecule is Cc1ccncc1CNCc1ccc(C(=O)O)cn1. The van der Waals surface area contributed by atoms with Crippen LogP contribution in [0, 0.1) is 6.92 Å². The van der Waals surface area contributed by atoms with Crippen molar-refractivity contribution in [1.29, 1.82) is 0 Å². The zero-order valence-corrected chi connectivity index (χ0v) is 10.6. The molecule has 0 saturated heterocycles. The van der Waals surface area contributed by atoms with Crippen molar-refractivity contribution in [2.24, 2.45) is 0 Å². The van der Waals surface area contributed by atoms with E-state index in [0.717, 1.165) is 11.3 Å². The lowest BCUT2D eigenvalue weighted by atomic mass is 10.1. The third-order valence-electron chi connectivity index (χ3n) is 2.84. The summed E-state index contributed by atoms with van der Waals surface area (Å²) in [4.78, 5) is 18.9. The first-order valence-electron chi connectivity index (χ1n) is 5.95. The van der Waals surface area contributed by atoms with E-state index in [2.05, 4.69) is 15.3 Å². The van der Waals surface area contributed by atoms with E-state index in [4.69, 9.17) is 5.11 Å². The van der Waals surface area contributed by atoms with E-state index >= 15 is 0 Å². The molecule has 5 heteroatoms. The fourth-order valence-corrected chi connectivity index (χ4v) is 1.66. The molecule has 2 aromatic rings. The largest absolute Gasteiger partial charge is 0.478 e. The Morgan fingerprint density at radius 2 is 2.11 bits per heavy atom. The van der Waals surface area contributed by atoms with Crippen molar-refractivity contribution in [3.8, 4) is 0 Å². The molecule has 0 fully saturated rings. The Kier molecular flexibility index (Phi) is 4.20. The van der Waals surface area contributed by atoms with Gasteiger partial charge in [0.05, 0.1) is 11.3 Å². The molecule has 0 spiro atoms. The third kappa shape index (κ3) is 3.59. The normalized spacial score (nSPS) is 10.4. The first-order valence-corrected chi connectivity index (χ1v) is 5.95. The molecule has 0 atom stereocenters. The number of carboxylic acid groups (broad SMARTS) is 1. The molecule has 0 unspecified atom stereocenters. The van der Waals surface area contributed by atoms with Gasteiger partial charge in [0.1, 0.15) is 0 Å². The summed E-state index contributed by atoms with van der Waals surface area (Å²) >= 11 is 0. The van der Waals surface area contributed by atoms with Gasteiger partial charge in [-0.25, -0.2) is 4.79 Å². The molecule has 2 rings (SSSR count). The van der Waals surface area contributed by atoms with Crippen LogP contribution in [0.3, 0.4) is 0 Å². The second-order valence-electron chi connectivity index (χ2n) is 4.25. The van der Waals surface area contributed by atoms with Crippen LogP contribution in [-0.4, -0.2) is 21.0 Å². The number of aromatic nitrogens is 2. The van der Waals surface area contributed by atoms with E-state index in [1.54, 1.807) is 18.3 Å². The van der Waals surface area contributed by atoms with Crippen molar-refractivity contribution in [3.05, 3.63) is 59.2 Å². The van der Waals surface area contributed by atoms with Crippen molar-refractivity contribution < 1.29 is 9.90 Å². The van der Waals surface area contributed by atoms with Gasteiger partial charge in [-0.05, 0) is 36.2 Å². The van der Waals surface area contributed by atoms with Crippen molar-refractivity contribution in [1.82, 2.24) is 15.3 Å². The standard InChI is InChI=1S/C14H15N3O2/c1-10-4-5-15-6-12(10)7-16-9-13-3-2-11(8-17-13)14(18)19/h2-6,8,16H,7,9H2,1H3,(H,18,19). The molecule has 0 bridgehead atoms. The number of aromatic carboxylic acids is 1. The number of hydrogen-bond donors (Lipinski definition) is 2. The van der Waals surface area contributed by atoms with Crippen LogP contribution in [-0.2, 0) is 13.1 Å². The minimum absolute atomic E-state index is 0.201. The lowest BCUT2D eigenvalue weighted by Gasteiger charge is -2.06. The minimum atomic E-state index is -0.960. The molecule has 0 aromatic carbocycles. The summed E-state index contributed by atoms with van der Waals surface area (Å²) in [5, 5.41) is 12.0. The fourth-order valence-electron chi connectivity index (χ4n) is 1.66. The Morgan fingerprint density at radius 1 is 1.26 bits per heavy atom. The van der Waals surface area contributed by atoms with Gasteiger partial charge in [-0.3, -0.25) is 9.97 Å². The topological polar surface area (TPSA) is 75.1 Å². The lowest BCUT2D eigenvalue weighted by molar-refractivity contribution is 0.0696. The minimum Gasteiger partial charge on any atom is -0.478 e. The number of aryl methyl sites for hydroxylation is 1. The maximum atomic E-state index is 10.7. The van der Waals surface area contributed by atoms with Crippen molar-refractivity contribution in [3.63, 3.8) is 0 Å². The smallest absolute Gasteiger partial charge is 0.337 e. The summed E-state index contributed by atoms with van der Waals surface area (Å²) in [6.45, 7) is 3.34. The van der Waals surface area contributed by atoms with E-state index in [1.165, 1.54) is 11.8 Å². The Balaban J connectivity index is 1.89. The van der Waals surface area contributed by atoms with Crippen molar-refractivity contribution in [2.45, 2.75) is 20.0 Å². The second kappa shape index (κ2) is 6.06. The Bertz CT molecular complexity index is 567. The van der Waals surface area contributed by atoms with E-state index < -0.39 is 5.97 Å². The summed E-state index contributed by atoms with van der Waals surface area (Å²) in [5.41, 5.74) is 3.35.